The lowest BCUT2D eigenvalue weighted by Gasteiger charge is -2.18. The van der Waals surface area contributed by atoms with Crippen molar-refractivity contribution in [2.75, 3.05) is 18.4 Å². The van der Waals surface area contributed by atoms with Crippen LogP contribution in [-0.4, -0.2) is 37.6 Å². The van der Waals surface area contributed by atoms with Crippen molar-refractivity contribution in [2.24, 2.45) is 5.92 Å². The Labute approximate surface area is 178 Å². The molecule has 162 valence electrons. The number of nitrogens with one attached hydrogen (secondary N) is 2. The van der Waals surface area contributed by atoms with Crippen LogP contribution in [0.5, 0.6) is 0 Å². The van der Waals surface area contributed by atoms with E-state index in [-0.39, 0.29) is 34.7 Å². The van der Waals surface area contributed by atoms with Gasteiger partial charge in [0.05, 0.1) is 4.90 Å². The number of amides is 2. The van der Waals surface area contributed by atoms with Crippen LogP contribution in [0.25, 0.3) is 0 Å². The third kappa shape index (κ3) is 5.90. The van der Waals surface area contributed by atoms with Crippen LogP contribution in [0.2, 0.25) is 0 Å². The fourth-order valence-corrected chi connectivity index (χ4v) is 4.34. The number of sulfonamides is 1. The Bertz CT molecular complexity index is 999. The van der Waals surface area contributed by atoms with Crippen LogP contribution in [0.4, 0.5) is 5.69 Å². The smallest absolute Gasteiger partial charge is 0.251 e. The van der Waals surface area contributed by atoms with Crippen molar-refractivity contribution in [1.82, 2.24) is 9.62 Å². The Balaban J connectivity index is 2.10. The number of benzene rings is 2. The van der Waals surface area contributed by atoms with Crippen LogP contribution in [0.1, 0.15) is 43.6 Å². The highest BCUT2D eigenvalue weighted by Gasteiger charge is 2.22. The largest absolute Gasteiger partial charge is 0.348 e. The first kappa shape index (κ1) is 23.6. The van der Waals surface area contributed by atoms with Gasteiger partial charge in [0.2, 0.25) is 15.9 Å². The first-order chi connectivity index (χ1) is 14.2. The summed E-state index contributed by atoms with van der Waals surface area (Å²) < 4.78 is 26.7. The Kier molecular flexibility index (Phi) is 8.14. The van der Waals surface area contributed by atoms with Gasteiger partial charge in [0, 0.05) is 36.8 Å². The van der Waals surface area contributed by atoms with Gasteiger partial charge in [0.1, 0.15) is 0 Å². The second-order valence-electron chi connectivity index (χ2n) is 7.14. The van der Waals surface area contributed by atoms with Crippen molar-refractivity contribution in [3.63, 3.8) is 0 Å². The summed E-state index contributed by atoms with van der Waals surface area (Å²) in [6.07, 6.45) is 0. The molecule has 0 unspecified atom stereocenters. The molecule has 0 radical (unpaired) electrons. The van der Waals surface area contributed by atoms with E-state index in [4.69, 9.17) is 0 Å². The van der Waals surface area contributed by atoms with Crippen LogP contribution in [0.15, 0.2) is 53.4 Å². The zero-order valence-electron chi connectivity index (χ0n) is 17.8. The zero-order chi connectivity index (χ0) is 22.3. The SMILES string of the molecule is CCN(CC)S(=O)(=O)c1cccc(C(=O)NCc2cccc(NC(=O)C(C)C)c2)c1. The number of nitrogens with zero attached hydrogens (tertiary/aromatic N) is 1. The molecular formula is C22H29N3O4S. The zero-order valence-corrected chi connectivity index (χ0v) is 18.6. The lowest BCUT2D eigenvalue weighted by atomic mass is 10.1. The maximum atomic E-state index is 12.7. The average molecular weight is 432 g/mol. The summed E-state index contributed by atoms with van der Waals surface area (Å²) in [6.45, 7) is 8.14. The topological polar surface area (TPSA) is 95.6 Å². The normalized spacial score (nSPS) is 11.5. The highest BCUT2D eigenvalue weighted by atomic mass is 32.2. The van der Waals surface area contributed by atoms with Crippen molar-refractivity contribution < 1.29 is 18.0 Å². The van der Waals surface area contributed by atoms with Gasteiger partial charge in [-0.2, -0.15) is 4.31 Å². The van der Waals surface area contributed by atoms with Crippen molar-refractivity contribution in [2.45, 2.75) is 39.1 Å². The molecule has 2 aromatic carbocycles. The van der Waals surface area contributed by atoms with Crippen LogP contribution >= 0.6 is 0 Å². The third-order valence-electron chi connectivity index (χ3n) is 4.61. The van der Waals surface area contributed by atoms with E-state index in [9.17, 15) is 18.0 Å². The van der Waals surface area contributed by atoms with E-state index >= 15 is 0 Å². The summed E-state index contributed by atoms with van der Waals surface area (Å²) >= 11 is 0. The Morgan fingerprint density at radius 3 is 2.30 bits per heavy atom. The Morgan fingerprint density at radius 2 is 1.67 bits per heavy atom. The summed E-state index contributed by atoms with van der Waals surface area (Å²) in [4.78, 5) is 24.5. The molecule has 0 heterocycles. The monoisotopic (exact) mass is 431 g/mol. The van der Waals surface area contributed by atoms with E-state index in [1.807, 2.05) is 19.9 Å². The summed E-state index contributed by atoms with van der Waals surface area (Å²) in [7, 11) is -3.64. The van der Waals surface area contributed by atoms with Gasteiger partial charge in [-0.25, -0.2) is 8.42 Å². The molecule has 30 heavy (non-hydrogen) atoms. The minimum absolute atomic E-state index is 0.0811. The molecular weight excluding hydrogens is 402 g/mol. The fraction of sp³-hybridized carbons (Fsp3) is 0.364. The van der Waals surface area contributed by atoms with Crippen LogP contribution in [-0.2, 0) is 21.4 Å². The highest BCUT2D eigenvalue weighted by molar-refractivity contribution is 7.89. The molecule has 0 aliphatic heterocycles. The second kappa shape index (κ2) is 10.4. The molecule has 0 saturated carbocycles. The van der Waals surface area contributed by atoms with Gasteiger partial charge < -0.3 is 10.6 Å². The van der Waals surface area contributed by atoms with Crippen LogP contribution in [0, 0.1) is 5.92 Å². The average Bonchev–Trinajstić information content (AvgIpc) is 2.73. The standard InChI is InChI=1S/C22H29N3O4S/c1-5-25(6-2)30(28,29)20-12-8-10-18(14-20)22(27)23-15-17-9-7-11-19(13-17)24-21(26)16(3)4/h7-14,16H,5-6,15H2,1-4H3,(H,23,27)(H,24,26). The van der Waals surface area contributed by atoms with Gasteiger partial charge in [-0.3, -0.25) is 9.59 Å². The van der Waals surface area contributed by atoms with E-state index in [2.05, 4.69) is 10.6 Å². The molecule has 0 atom stereocenters. The summed E-state index contributed by atoms with van der Waals surface area (Å²) in [5, 5.41) is 5.62. The fourth-order valence-electron chi connectivity index (χ4n) is 2.84. The van der Waals surface area contributed by atoms with Gasteiger partial charge in [-0.1, -0.05) is 45.9 Å². The van der Waals surface area contributed by atoms with E-state index < -0.39 is 10.0 Å². The first-order valence-corrected chi connectivity index (χ1v) is 11.4. The first-order valence-electron chi connectivity index (χ1n) is 9.97. The minimum Gasteiger partial charge on any atom is -0.348 e. The summed E-state index contributed by atoms with van der Waals surface area (Å²) in [5.41, 5.74) is 1.75. The van der Waals surface area contributed by atoms with Crippen molar-refractivity contribution in [3.05, 3.63) is 59.7 Å². The quantitative estimate of drug-likeness (QED) is 0.637. The lowest BCUT2D eigenvalue weighted by Crippen LogP contribution is -2.31. The molecule has 0 aliphatic rings. The summed E-state index contributed by atoms with van der Waals surface area (Å²) in [6, 6.07) is 13.2. The number of anilines is 1. The molecule has 0 fully saturated rings. The van der Waals surface area contributed by atoms with Crippen molar-refractivity contribution >= 4 is 27.5 Å². The number of rotatable bonds is 9. The molecule has 2 aromatic rings. The van der Waals surface area contributed by atoms with E-state index in [0.717, 1.165) is 5.56 Å². The van der Waals surface area contributed by atoms with Crippen LogP contribution in [0.3, 0.4) is 0 Å². The third-order valence-corrected chi connectivity index (χ3v) is 6.66. The van der Waals surface area contributed by atoms with Crippen LogP contribution < -0.4 is 10.6 Å². The van der Waals surface area contributed by atoms with Gasteiger partial charge >= 0.3 is 0 Å². The van der Waals surface area contributed by atoms with Crippen molar-refractivity contribution in [3.8, 4) is 0 Å². The Hall–Kier alpha value is -2.71. The van der Waals surface area contributed by atoms with E-state index in [0.29, 0.717) is 18.8 Å². The van der Waals surface area contributed by atoms with Gasteiger partial charge in [-0.15, -0.1) is 0 Å². The maximum absolute atomic E-state index is 12.7. The maximum Gasteiger partial charge on any atom is 0.251 e. The Morgan fingerprint density at radius 1 is 1.00 bits per heavy atom. The molecule has 0 aliphatic carbocycles. The van der Waals surface area contributed by atoms with Gasteiger partial charge in [-0.05, 0) is 35.9 Å². The molecule has 8 heteroatoms. The summed E-state index contributed by atoms with van der Waals surface area (Å²) in [5.74, 6) is -0.584. The predicted octanol–water partition coefficient (Wildman–Crippen LogP) is 3.24. The number of hydrogen-bond donors (Lipinski definition) is 2. The second-order valence-corrected chi connectivity index (χ2v) is 9.08. The van der Waals surface area contributed by atoms with Gasteiger partial charge in [0.15, 0.2) is 0 Å². The van der Waals surface area contributed by atoms with Gasteiger partial charge in [0.25, 0.3) is 5.91 Å². The molecule has 0 spiro atoms. The molecule has 2 N–H and O–H groups in total. The minimum atomic E-state index is -3.64. The molecule has 2 rings (SSSR count). The molecule has 0 saturated heterocycles. The van der Waals surface area contributed by atoms with E-state index in [1.54, 1.807) is 44.2 Å². The highest BCUT2D eigenvalue weighted by Crippen LogP contribution is 2.17. The van der Waals surface area contributed by atoms with E-state index in [1.165, 1.54) is 16.4 Å². The lowest BCUT2D eigenvalue weighted by molar-refractivity contribution is -0.118. The molecule has 0 aromatic heterocycles. The molecule has 2 amide bonds. The van der Waals surface area contributed by atoms with Crippen molar-refractivity contribution in [1.29, 1.82) is 0 Å². The molecule has 0 bridgehead atoms. The molecule has 7 nitrogen and oxygen atoms in total. The number of hydrogen-bond acceptors (Lipinski definition) is 4. The predicted molar refractivity (Wildman–Crippen MR) is 118 cm³/mol. The number of carbonyl (C=O) groups excluding carboxylic acids is 2. The number of carbonyl (C=O) groups is 2.